The highest BCUT2D eigenvalue weighted by Crippen LogP contribution is 2.35. The van der Waals surface area contributed by atoms with Gasteiger partial charge in [0.15, 0.2) is 0 Å². The van der Waals surface area contributed by atoms with E-state index in [0.717, 1.165) is 25.7 Å². The Morgan fingerprint density at radius 1 is 1.38 bits per heavy atom. The Labute approximate surface area is 132 Å². The van der Waals surface area contributed by atoms with Gasteiger partial charge in [-0.1, -0.05) is 35.4 Å². The summed E-state index contributed by atoms with van der Waals surface area (Å²) < 4.78 is 0.702. The molecule has 6 nitrogen and oxygen atoms in total. The minimum Gasteiger partial charge on any atom is -0.352 e. The van der Waals surface area contributed by atoms with Crippen molar-refractivity contribution in [2.24, 2.45) is 0 Å². The summed E-state index contributed by atoms with van der Waals surface area (Å²) in [5.74, 6) is -0.238. The Balaban J connectivity index is 1.78. The molecule has 0 unspecified atom stereocenters. The van der Waals surface area contributed by atoms with Crippen molar-refractivity contribution in [3.8, 4) is 0 Å². The zero-order valence-corrected chi connectivity index (χ0v) is 13.5. The third-order valence-corrected chi connectivity index (χ3v) is 4.25. The average Bonchev–Trinajstić information content (AvgIpc) is 2.97. The first-order valence-corrected chi connectivity index (χ1v) is 7.98. The Morgan fingerprint density at radius 3 is 2.67 bits per heavy atom. The van der Waals surface area contributed by atoms with Crippen molar-refractivity contribution in [1.29, 1.82) is 0 Å². The number of carbonyl (C=O) groups excluding carboxylic acids is 3. The van der Waals surface area contributed by atoms with Crippen LogP contribution in [0, 0.1) is 0 Å². The lowest BCUT2D eigenvalue weighted by atomic mass is 9.98. The van der Waals surface area contributed by atoms with Crippen LogP contribution in [0.15, 0.2) is 11.1 Å². The molecule has 0 aromatic carbocycles. The average molecular weight is 358 g/mol. The number of rotatable bonds is 6. The summed E-state index contributed by atoms with van der Waals surface area (Å²) in [5.41, 5.74) is -0.660. The number of hydrogen-bond donors (Lipinski definition) is 2. The SMILES string of the molecule is C=C(Br)CNC(=O)CCCN1C(=O)NC2(CCCC2)C1=O. The van der Waals surface area contributed by atoms with E-state index >= 15 is 0 Å². The molecular weight excluding hydrogens is 338 g/mol. The Hall–Kier alpha value is -1.37. The summed E-state index contributed by atoms with van der Waals surface area (Å²) in [6.07, 6.45) is 4.14. The van der Waals surface area contributed by atoms with Crippen LogP contribution in [0.2, 0.25) is 0 Å². The van der Waals surface area contributed by atoms with Crippen molar-refractivity contribution in [2.45, 2.75) is 44.1 Å². The van der Waals surface area contributed by atoms with Crippen LogP contribution >= 0.6 is 15.9 Å². The van der Waals surface area contributed by atoms with E-state index in [-0.39, 0.29) is 30.8 Å². The standard InChI is InChI=1S/C14H20BrN3O3/c1-10(15)9-16-11(19)5-4-8-18-12(20)14(17-13(18)21)6-2-3-7-14/h1-9H2,(H,16,19)(H,17,21). The molecule has 21 heavy (non-hydrogen) atoms. The third kappa shape index (κ3) is 3.64. The quantitative estimate of drug-likeness (QED) is 0.709. The van der Waals surface area contributed by atoms with Gasteiger partial charge in [0.25, 0.3) is 5.91 Å². The lowest BCUT2D eigenvalue weighted by Crippen LogP contribution is -2.44. The van der Waals surface area contributed by atoms with Crippen molar-refractivity contribution in [1.82, 2.24) is 15.5 Å². The fourth-order valence-electron chi connectivity index (χ4n) is 2.88. The van der Waals surface area contributed by atoms with Gasteiger partial charge in [0, 0.05) is 24.0 Å². The second-order valence-electron chi connectivity index (χ2n) is 5.57. The summed E-state index contributed by atoms with van der Waals surface area (Å²) in [6.45, 7) is 4.29. The molecule has 1 saturated carbocycles. The number of imide groups is 1. The van der Waals surface area contributed by atoms with Crippen LogP contribution in [-0.4, -0.2) is 41.4 Å². The van der Waals surface area contributed by atoms with Crippen LogP contribution in [0.5, 0.6) is 0 Å². The summed E-state index contributed by atoms with van der Waals surface area (Å²) in [7, 11) is 0. The second-order valence-corrected chi connectivity index (χ2v) is 6.70. The molecule has 2 rings (SSSR count). The van der Waals surface area contributed by atoms with Gasteiger partial charge in [0.05, 0.1) is 0 Å². The molecule has 1 saturated heterocycles. The highest BCUT2D eigenvalue weighted by atomic mass is 79.9. The molecule has 0 aromatic heterocycles. The van der Waals surface area contributed by atoms with Gasteiger partial charge in [0.2, 0.25) is 5.91 Å². The first-order valence-electron chi connectivity index (χ1n) is 7.19. The summed E-state index contributed by atoms with van der Waals surface area (Å²) in [6, 6.07) is -0.323. The smallest absolute Gasteiger partial charge is 0.325 e. The fourth-order valence-corrected chi connectivity index (χ4v) is 3.02. The highest BCUT2D eigenvalue weighted by molar-refractivity contribution is 9.11. The second kappa shape index (κ2) is 6.60. The van der Waals surface area contributed by atoms with E-state index in [0.29, 0.717) is 17.4 Å². The van der Waals surface area contributed by atoms with Gasteiger partial charge in [0.1, 0.15) is 5.54 Å². The largest absolute Gasteiger partial charge is 0.352 e. The molecule has 2 fully saturated rings. The Bertz CT molecular complexity index is 472. The lowest BCUT2D eigenvalue weighted by molar-refractivity contribution is -0.131. The van der Waals surface area contributed by atoms with Gasteiger partial charge < -0.3 is 10.6 Å². The van der Waals surface area contributed by atoms with Gasteiger partial charge >= 0.3 is 6.03 Å². The van der Waals surface area contributed by atoms with Crippen molar-refractivity contribution < 1.29 is 14.4 Å². The van der Waals surface area contributed by atoms with Crippen LogP contribution in [0.25, 0.3) is 0 Å². The van der Waals surface area contributed by atoms with E-state index in [1.54, 1.807) is 0 Å². The topological polar surface area (TPSA) is 78.5 Å². The minimum atomic E-state index is -0.660. The van der Waals surface area contributed by atoms with Crippen LogP contribution in [0.3, 0.4) is 0 Å². The molecule has 1 aliphatic carbocycles. The van der Waals surface area contributed by atoms with E-state index < -0.39 is 5.54 Å². The molecule has 7 heteroatoms. The maximum absolute atomic E-state index is 12.4. The lowest BCUT2D eigenvalue weighted by Gasteiger charge is -2.19. The molecule has 0 aromatic rings. The first-order chi connectivity index (χ1) is 9.94. The van der Waals surface area contributed by atoms with Crippen molar-refractivity contribution in [2.75, 3.05) is 13.1 Å². The number of hydrogen-bond acceptors (Lipinski definition) is 3. The zero-order chi connectivity index (χ0) is 15.5. The molecule has 0 radical (unpaired) electrons. The number of nitrogens with zero attached hydrogens (tertiary/aromatic N) is 1. The number of halogens is 1. The summed E-state index contributed by atoms with van der Waals surface area (Å²) >= 11 is 3.16. The molecule has 1 spiro atoms. The first kappa shape index (κ1) is 16.0. The maximum atomic E-state index is 12.4. The van der Waals surface area contributed by atoms with Crippen molar-refractivity contribution in [3.63, 3.8) is 0 Å². The van der Waals surface area contributed by atoms with E-state index in [1.165, 1.54) is 4.90 Å². The molecule has 1 heterocycles. The minimum absolute atomic E-state index is 0.113. The van der Waals surface area contributed by atoms with E-state index in [4.69, 9.17) is 0 Å². The Kier molecular flexibility index (Phi) is 5.03. The number of urea groups is 1. The number of amides is 4. The molecule has 2 aliphatic rings. The van der Waals surface area contributed by atoms with Crippen molar-refractivity contribution >= 4 is 33.8 Å². The maximum Gasteiger partial charge on any atom is 0.325 e. The number of nitrogens with one attached hydrogen (secondary N) is 2. The fraction of sp³-hybridized carbons (Fsp3) is 0.643. The number of carbonyl (C=O) groups is 3. The van der Waals surface area contributed by atoms with Gasteiger partial charge in [-0.05, 0) is 19.3 Å². The molecule has 2 N–H and O–H groups in total. The van der Waals surface area contributed by atoms with Crippen LogP contribution < -0.4 is 10.6 Å². The molecule has 0 bridgehead atoms. The van der Waals surface area contributed by atoms with Gasteiger partial charge in [-0.2, -0.15) is 0 Å². The Morgan fingerprint density at radius 2 is 2.05 bits per heavy atom. The predicted octanol–water partition coefficient (Wildman–Crippen LogP) is 1.66. The van der Waals surface area contributed by atoms with Crippen molar-refractivity contribution in [3.05, 3.63) is 11.1 Å². The molecular formula is C14H20BrN3O3. The summed E-state index contributed by atoms with van der Waals surface area (Å²) in [4.78, 5) is 37.1. The molecule has 1 aliphatic heterocycles. The van der Waals surface area contributed by atoms with E-state index in [9.17, 15) is 14.4 Å². The van der Waals surface area contributed by atoms with Crippen LogP contribution in [0.4, 0.5) is 4.79 Å². The third-order valence-electron chi connectivity index (χ3n) is 3.97. The van der Waals surface area contributed by atoms with Crippen LogP contribution in [-0.2, 0) is 9.59 Å². The van der Waals surface area contributed by atoms with E-state index in [1.807, 2.05) is 0 Å². The molecule has 4 amide bonds. The normalized spacial score (nSPS) is 20.0. The monoisotopic (exact) mass is 357 g/mol. The highest BCUT2D eigenvalue weighted by Gasteiger charge is 2.51. The van der Waals surface area contributed by atoms with Gasteiger partial charge in [-0.15, -0.1) is 0 Å². The van der Waals surface area contributed by atoms with Gasteiger partial charge in [-0.3, -0.25) is 14.5 Å². The predicted molar refractivity (Wildman–Crippen MR) is 81.8 cm³/mol. The van der Waals surface area contributed by atoms with E-state index in [2.05, 4.69) is 33.1 Å². The molecule has 116 valence electrons. The summed E-state index contributed by atoms with van der Waals surface area (Å²) in [5, 5.41) is 5.52. The van der Waals surface area contributed by atoms with Crippen LogP contribution in [0.1, 0.15) is 38.5 Å². The van der Waals surface area contributed by atoms with Gasteiger partial charge in [-0.25, -0.2) is 4.79 Å². The molecule has 0 atom stereocenters. The zero-order valence-electron chi connectivity index (χ0n) is 11.9.